The molecule has 316 valence electrons. The summed E-state index contributed by atoms with van der Waals surface area (Å²) in [5.41, 5.74) is 21.2. The molecule has 1 fully saturated rings. The van der Waals surface area contributed by atoms with Crippen LogP contribution >= 0.6 is 0 Å². The van der Waals surface area contributed by atoms with Crippen LogP contribution in [0, 0.1) is 0 Å². The molecule has 0 heterocycles. The zero-order valence-electron chi connectivity index (χ0n) is 37.1. The highest BCUT2D eigenvalue weighted by Crippen LogP contribution is 2.57. The van der Waals surface area contributed by atoms with Crippen molar-refractivity contribution < 1.29 is 0 Å². The largest absolute Gasteiger partial charge is 0.310 e. The number of para-hydroxylation sites is 1. The molecule has 3 aliphatic rings. The van der Waals surface area contributed by atoms with E-state index in [1.165, 1.54) is 141 Å². The molecule has 1 spiro atoms. The molecule has 0 N–H and O–H groups in total. The maximum absolute atomic E-state index is 2.57. The van der Waals surface area contributed by atoms with Gasteiger partial charge in [-0.25, -0.2) is 0 Å². The van der Waals surface area contributed by atoms with Crippen LogP contribution in [0.4, 0.5) is 34.1 Å². The molecule has 0 amide bonds. The minimum atomic E-state index is 0.0829. The second-order valence-electron chi connectivity index (χ2n) is 18.6. The molecule has 2 heteroatoms. The van der Waals surface area contributed by atoms with Gasteiger partial charge in [-0.15, -0.1) is 0 Å². The average molecular weight is 839 g/mol. The van der Waals surface area contributed by atoms with Crippen molar-refractivity contribution in [2.75, 3.05) is 9.80 Å². The van der Waals surface area contributed by atoms with Crippen LogP contribution in [0.5, 0.6) is 0 Å². The first-order chi connectivity index (χ1) is 32.2. The normalized spacial score (nSPS) is 14.9. The molecule has 0 bridgehead atoms. The van der Waals surface area contributed by atoms with Crippen molar-refractivity contribution in [2.24, 2.45) is 0 Å². The fraction of sp³-hybridized carbons (Fsp3) is 0.175. The van der Waals surface area contributed by atoms with E-state index in [0.29, 0.717) is 0 Å². The smallest absolute Gasteiger partial charge is 0.0540 e. The van der Waals surface area contributed by atoms with Gasteiger partial charge in [-0.3, -0.25) is 0 Å². The van der Waals surface area contributed by atoms with Gasteiger partial charge in [-0.05, 0) is 166 Å². The van der Waals surface area contributed by atoms with Crippen molar-refractivity contribution >= 4 is 44.9 Å². The predicted octanol–water partition coefficient (Wildman–Crippen LogP) is 17.6. The Hall–Kier alpha value is -7.16. The second kappa shape index (κ2) is 16.8. The Morgan fingerprint density at radius 1 is 0.323 bits per heavy atom. The quantitative estimate of drug-likeness (QED) is 0.158. The van der Waals surface area contributed by atoms with Crippen LogP contribution in [0.2, 0.25) is 0 Å². The molecule has 0 radical (unpaired) electrons. The minimum absolute atomic E-state index is 0.0829. The Morgan fingerprint density at radius 2 is 0.862 bits per heavy atom. The number of rotatable bonds is 7. The third kappa shape index (κ3) is 7.04. The molecule has 0 atom stereocenters. The van der Waals surface area contributed by atoms with Crippen molar-refractivity contribution in [2.45, 2.75) is 69.6 Å². The lowest BCUT2D eigenvalue weighted by atomic mass is 9.68. The molecule has 0 aliphatic heterocycles. The third-order valence-electron chi connectivity index (χ3n) is 14.9. The Kier molecular flexibility index (Phi) is 10.2. The van der Waals surface area contributed by atoms with Crippen LogP contribution in [0.15, 0.2) is 206 Å². The van der Waals surface area contributed by atoms with Crippen LogP contribution in [0.3, 0.4) is 0 Å². The summed E-state index contributed by atoms with van der Waals surface area (Å²) in [6.07, 6.45) is 12.3. The molecule has 65 heavy (non-hydrogen) atoms. The number of fused-ring (bicyclic) bond motifs is 9. The zero-order valence-corrected chi connectivity index (χ0v) is 37.1. The highest BCUT2D eigenvalue weighted by atomic mass is 15.1. The van der Waals surface area contributed by atoms with Crippen LogP contribution in [-0.2, 0) is 18.3 Å². The second-order valence-corrected chi connectivity index (χ2v) is 18.6. The van der Waals surface area contributed by atoms with Gasteiger partial charge in [0.1, 0.15) is 0 Å². The lowest BCUT2D eigenvalue weighted by molar-refractivity contribution is 0.353. The Labute approximate surface area is 384 Å². The maximum atomic E-state index is 2.57. The van der Waals surface area contributed by atoms with Crippen LogP contribution in [0.25, 0.3) is 44.2 Å². The third-order valence-corrected chi connectivity index (χ3v) is 14.9. The van der Waals surface area contributed by atoms with Gasteiger partial charge in [0.25, 0.3) is 0 Å². The number of anilines is 6. The van der Waals surface area contributed by atoms with E-state index in [2.05, 4.69) is 216 Å². The van der Waals surface area contributed by atoms with Gasteiger partial charge in [0.05, 0.1) is 5.69 Å². The van der Waals surface area contributed by atoms with E-state index in [9.17, 15) is 0 Å². The molecule has 12 rings (SSSR count). The highest BCUT2D eigenvalue weighted by Gasteiger charge is 2.44. The fourth-order valence-corrected chi connectivity index (χ4v) is 11.7. The van der Waals surface area contributed by atoms with Gasteiger partial charge < -0.3 is 9.80 Å². The van der Waals surface area contributed by atoms with E-state index in [1.807, 2.05) is 0 Å². The van der Waals surface area contributed by atoms with Crippen molar-refractivity contribution in [3.63, 3.8) is 0 Å². The van der Waals surface area contributed by atoms with E-state index in [-0.39, 0.29) is 5.41 Å². The summed E-state index contributed by atoms with van der Waals surface area (Å²) < 4.78 is 0. The van der Waals surface area contributed by atoms with Crippen LogP contribution in [0.1, 0.15) is 73.6 Å². The van der Waals surface area contributed by atoms with E-state index in [4.69, 9.17) is 0 Å². The molecular formula is C63H54N2. The lowest BCUT2D eigenvalue weighted by Crippen LogP contribution is -2.28. The van der Waals surface area contributed by atoms with Gasteiger partial charge in [0, 0.05) is 39.2 Å². The van der Waals surface area contributed by atoms with Crippen molar-refractivity contribution in [1.29, 1.82) is 0 Å². The van der Waals surface area contributed by atoms with Gasteiger partial charge in [-0.1, -0.05) is 165 Å². The molecule has 3 aliphatic carbocycles. The topological polar surface area (TPSA) is 6.48 Å². The lowest BCUT2D eigenvalue weighted by Gasteiger charge is -2.36. The first-order valence-corrected chi connectivity index (χ1v) is 24.0. The van der Waals surface area contributed by atoms with E-state index in [1.54, 1.807) is 0 Å². The molecule has 0 saturated heterocycles. The molecule has 0 aromatic heterocycles. The zero-order chi connectivity index (χ0) is 43.2. The molecule has 9 aromatic carbocycles. The van der Waals surface area contributed by atoms with E-state index in [0.717, 1.165) is 24.2 Å². The van der Waals surface area contributed by atoms with Gasteiger partial charge in [-0.2, -0.15) is 0 Å². The first kappa shape index (κ1) is 39.4. The summed E-state index contributed by atoms with van der Waals surface area (Å²) in [5, 5.41) is 2.47. The monoisotopic (exact) mass is 838 g/mol. The van der Waals surface area contributed by atoms with Crippen molar-refractivity contribution in [3.05, 3.63) is 229 Å². The first-order valence-electron chi connectivity index (χ1n) is 24.0. The van der Waals surface area contributed by atoms with Crippen molar-refractivity contribution in [3.8, 4) is 33.4 Å². The summed E-state index contributed by atoms with van der Waals surface area (Å²) in [7, 11) is 0. The van der Waals surface area contributed by atoms with E-state index < -0.39 is 0 Å². The summed E-state index contributed by atoms with van der Waals surface area (Å²) >= 11 is 0. The molecule has 0 unspecified atom stereocenters. The van der Waals surface area contributed by atoms with Gasteiger partial charge in [0.15, 0.2) is 0 Å². The summed E-state index contributed by atoms with van der Waals surface area (Å²) in [6, 6.07) is 77.4. The summed E-state index contributed by atoms with van der Waals surface area (Å²) in [4.78, 5) is 4.91. The average Bonchev–Trinajstić information content (AvgIpc) is 3.67. The summed E-state index contributed by atoms with van der Waals surface area (Å²) in [6.45, 7) is 0. The van der Waals surface area contributed by atoms with Gasteiger partial charge >= 0.3 is 0 Å². The Balaban J connectivity index is 0.945. The maximum Gasteiger partial charge on any atom is 0.0540 e. The van der Waals surface area contributed by atoms with Crippen LogP contribution in [-0.4, -0.2) is 0 Å². The standard InChI is InChI=1S/C63H54N2/c1-4-17-47-18-8-10-24-55(47)56-39-37-53(43-49(56)20-5-1)64(54-38-40-59-58-26-12-13-27-60(58)63(61(59)44-54)41-14-3-15-42-63)51-33-29-45(30-34-51)46-31-35-52(36-32-46)65(50-22-6-2-7-23-50)62-28-16-21-48-19-9-11-25-57(48)62/h2,6-13,16,18-19,21-40,43-44H,1,3-5,14-15,17,20,41-42H2. The predicted molar refractivity (Wildman–Crippen MR) is 275 cm³/mol. The molecule has 1 saturated carbocycles. The minimum Gasteiger partial charge on any atom is -0.310 e. The number of hydrogen-bond acceptors (Lipinski definition) is 2. The van der Waals surface area contributed by atoms with Crippen LogP contribution < -0.4 is 9.80 Å². The van der Waals surface area contributed by atoms with E-state index >= 15 is 0 Å². The Bertz CT molecular complexity index is 3150. The van der Waals surface area contributed by atoms with Gasteiger partial charge in [0.2, 0.25) is 0 Å². The number of hydrogen-bond donors (Lipinski definition) is 0. The highest BCUT2D eigenvalue weighted by molar-refractivity contribution is 5.99. The molecule has 9 aromatic rings. The SMILES string of the molecule is c1ccc(N(c2ccc(-c3ccc(N(c4ccc5c(c4)CCCCCc4ccccc4-5)c4ccc5c(c4)C4(CCCCC4)c4ccccc4-5)cc3)cc2)c2cccc3ccccc23)cc1. The summed E-state index contributed by atoms with van der Waals surface area (Å²) in [5.74, 6) is 0. The number of nitrogens with zero attached hydrogens (tertiary/aromatic N) is 2. The fourth-order valence-electron chi connectivity index (χ4n) is 11.7. The molecule has 2 nitrogen and oxygen atoms in total. The number of benzene rings is 9. The Morgan fingerprint density at radius 3 is 1.65 bits per heavy atom. The number of aryl methyl sites for hydroxylation is 2. The van der Waals surface area contributed by atoms with Crippen molar-refractivity contribution in [1.82, 2.24) is 0 Å². The molecular weight excluding hydrogens is 785 g/mol.